The number of carbonyl (C=O) groups excluding carboxylic acids is 1. The monoisotopic (exact) mass is 380 g/mol. The number of rotatable bonds is 5. The molecule has 0 spiro atoms. The number of morpholine rings is 1. The summed E-state index contributed by atoms with van der Waals surface area (Å²) in [7, 11) is -3.46. The number of benzene rings is 1. The highest BCUT2D eigenvalue weighted by Crippen LogP contribution is 2.19. The van der Waals surface area contributed by atoms with Gasteiger partial charge in [0.05, 0.1) is 18.1 Å². The minimum Gasteiger partial charge on any atom is -0.379 e. The molecule has 3 rings (SSSR count). The van der Waals surface area contributed by atoms with Crippen molar-refractivity contribution in [2.45, 2.75) is 37.5 Å². The summed E-state index contributed by atoms with van der Waals surface area (Å²) in [6.07, 6.45) is 3.40. The smallest absolute Gasteiger partial charge is 0.243 e. The number of amides is 1. The van der Waals surface area contributed by atoms with Crippen molar-refractivity contribution in [1.82, 2.24) is 9.21 Å². The fraction of sp³-hybridized carbons (Fsp3) is 0.632. The Hall–Kier alpha value is -1.44. The Balaban J connectivity index is 1.56. The number of carbonyl (C=O) groups is 1. The SMILES string of the molecule is CC1CCCN(C(=O)CCc2ccc(S(=O)(=O)N3CCOCC3)cc2)C1. The van der Waals surface area contributed by atoms with Crippen molar-refractivity contribution in [2.75, 3.05) is 39.4 Å². The molecule has 2 aliphatic heterocycles. The Morgan fingerprint density at radius 2 is 1.85 bits per heavy atom. The lowest BCUT2D eigenvalue weighted by Gasteiger charge is -2.31. The first-order valence-electron chi connectivity index (χ1n) is 9.41. The Morgan fingerprint density at radius 3 is 2.50 bits per heavy atom. The molecular weight excluding hydrogens is 352 g/mol. The predicted octanol–water partition coefficient (Wildman–Crippen LogP) is 1.90. The number of nitrogens with zero attached hydrogens (tertiary/aromatic N) is 2. The van der Waals surface area contributed by atoms with Crippen LogP contribution in [0.3, 0.4) is 0 Å². The highest BCUT2D eigenvalue weighted by Gasteiger charge is 2.26. The van der Waals surface area contributed by atoms with Gasteiger partial charge in [-0.15, -0.1) is 0 Å². The van der Waals surface area contributed by atoms with E-state index in [2.05, 4.69) is 6.92 Å². The number of aryl methyl sites for hydroxylation is 1. The van der Waals surface area contributed by atoms with Crippen LogP contribution in [0.15, 0.2) is 29.2 Å². The lowest BCUT2D eigenvalue weighted by atomic mass is 9.99. The molecule has 0 saturated carbocycles. The average Bonchev–Trinajstić information content (AvgIpc) is 2.67. The molecule has 6 nitrogen and oxygen atoms in total. The molecule has 0 aliphatic carbocycles. The van der Waals surface area contributed by atoms with Gasteiger partial charge in [0, 0.05) is 32.6 Å². The normalized spacial score (nSPS) is 22.3. The van der Waals surface area contributed by atoms with Gasteiger partial charge in [-0.2, -0.15) is 4.31 Å². The highest BCUT2D eigenvalue weighted by molar-refractivity contribution is 7.89. The molecule has 1 unspecified atom stereocenters. The van der Waals surface area contributed by atoms with E-state index < -0.39 is 10.0 Å². The van der Waals surface area contributed by atoms with E-state index in [-0.39, 0.29) is 5.91 Å². The molecule has 0 aromatic heterocycles. The predicted molar refractivity (Wildman–Crippen MR) is 99.3 cm³/mol. The minimum atomic E-state index is -3.46. The number of hydrogen-bond acceptors (Lipinski definition) is 4. The molecule has 2 aliphatic rings. The van der Waals surface area contributed by atoms with Crippen LogP contribution >= 0.6 is 0 Å². The van der Waals surface area contributed by atoms with Crippen LogP contribution in [-0.4, -0.2) is 62.9 Å². The fourth-order valence-electron chi connectivity index (χ4n) is 3.59. The Kier molecular flexibility index (Phi) is 6.32. The molecule has 1 aromatic carbocycles. The summed E-state index contributed by atoms with van der Waals surface area (Å²) in [5.74, 6) is 0.777. The molecule has 0 N–H and O–H groups in total. The fourth-order valence-corrected chi connectivity index (χ4v) is 5.00. The van der Waals surface area contributed by atoms with E-state index in [0.717, 1.165) is 25.1 Å². The zero-order valence-electron chi connectivity index (χ0n) is 15.4. The molecule has 1 atom stereocenters. The number of likely N-dealkylation sites (tertiary alicyclic amines) is 1. The second kappa shape index (κ2) is 8.50. The lowest BCUT2D eigenvalue weighted by Crippen LogP contribution is -2.40. The van der Waals surface area contributed by atoms with Crippen LogP contribution in [0.25, 0.3) is 0 Å². The summed E-state index contributed by atoms with van der Waals surface area (Å²) >= 11 is 0. The van der Waals surface area contributed by atoms with Crippen LogP contribution in [0.2, 0.25) is 0 Å². The van der Waals surface area contributed by atoms with Gasteiger partial charge in [-0.3, -0.25) is 4.79 Å². The van der Waals surface area contributed by atoms with Crippen LogP contribution in [0.4, 0.5) is 0 Å². The van der Waals surface area contributed by atoms with Gasteiger partial charge < -0.3 is 9.64 Å². The molecule has 2 heterocycles. The maximum Gasteiger partial charge on any atom is 0.243 e. The van der Waals surface area contributed by atoms with Gasteiger partial charge in [-0.05, 0) is 42.9 Å². The third-order valence-electron chi connectivity index (χ3n) is 5.17. The molecule has 0 bridgehead atoms. The standard InChI is InChI=1S/C19H28N2O4S/c1-16-3-2-10-20(15-16)19(22)9-6-17-4-7-18(8-5-17)26(23,24)21-11-13-25-14-12-21/h4-5,7-8,16H,2-3,6,9-15H2,1H3. The van der Waals surface area contributed by atoms with Crippen molar-refractivity contribution < 1.29 is 17.9 Å². The van der Waals surface area contributed by atoms with E-state index in [1.54, 1.807) is 12.1 Å². The van der Waals surface area contributed by atoms with Gasteiger partial charge in [0.25, 0.3) is 0 Å². The van der Waals surface area contributed by atoms with E-state index in [9.17, 15) is 13.2 Å². The summed E-state index contributed by atoms with van der Waals surface area (Å²) in [4.78, 5) is 14.6. The summed E-state index contributed by atoms with van der Waals surface area (Å²) in [5.41, 5.74) is 0.990. The third kappa shape index (κ3) is 4.64. The van der Waals surface area contributed by atoms with Crippen LogP contribution in [0.5, 0.6) is 0 Å². The van der Waals surface area contributed by atoms with Gasteiger partial charge in [-0.25, -0.2) is 8.42 Å². The van der Waals surface area contributed by atoms with Gasteiger partial charge in [-0.1, -0.05) is 19.1 Å². The number of ether oxygens (including phenoxy) is 1. The van der Waals surface area contributed by atoms with E-state index >= 15 is 0 Å². The van der Waals surface area contributed by atoms with E-state index in [4.69, 9.17) is 4.74 Å². The first-order valence-corrected chi connectivity index (χ1v) is 10.9. The Morgan fingerprint density at radius 1 is 1.15 bits per heavy atom. The molecule has 1 amide bonds. The second-order valence-electron chi connectivity index (χ2n) is 7.25. The van der Waals surface area contributed by atoms with Gasteiger partial charge >= 0.3 is 0 Å². The Bertz CT molecular complexity index is 712. The summed E-state index contributed by atoms with van der Waals surface area (Å²) in [6.45, 7) is 5.57. The highest BCUT2D eigenvalue weighted by atomic mass is 32.2. The van der Waals surface area contributed by atoms with Crippen molar-refractivity contribution in [3.8, 4) is 0 Å². The van der Waals surface area contributed by atoms with Gasteiger partial charge in [0.15, 0.2) is 0 Å². The maximum atomic E-state index is 12.6. The van der Waals surface area contributed by atoms with Crippen molar-refractivity contribution >= 4 is 15.9 Å². The quantitative estimate of drug-likeness (QED) is 0.782. The van der Waals surface area contributed by atoms with Crippen molar-refractivity contribution in [1.29, 1.82) is 0 Å². The average molecular weight is 381 g/mol. The van der Waals surface area contributed by atoms with Gasteiger partial charge in [0.1, 0.15) is 0 Å². The Labute approximate surface area is 156 Å². The van der Waals surface area contributed by atoms with Gasteiger partial charge in [0.2, 0.25) is 15.9 Å². The second-order valence-corrected chi connectivity index (χ2v) is 9.19. The largest absolute Gasteiger partial charge is 0.379 e. The van der Waals surface area contributed by atoms with E-state index in [1.165, 1.54) is 10.7 Å². The number of sulfonamides is 1. The number of piperidine rings is 1. The zero-order chi connectivity index (χ0) is 18.6. The third-order valence-corrected chi connectivity index (χ3v) is 7.08. The molecule has 0 radical (unpaired) electrons. The van der Waals surface area contributed by atoms with Crippen molar-refractivity contribution in [2.24, 2.45) is 5.92 Å². The molecule has 26 heavy (non-hydrogen) atoms. The maximum absolute atomic E-state index is 12.6. The molecule has 144 valence electrons. The summed E-state index contributed by atoms with van der Waals surface area (Å²) in [5, 5.41) is 0. The first-order chi connectivity index (χ1) is 12.5. The first kappa shape index (κ1) is 19.3. The molecular formula is C19H28N2O4S. The van der Waals surface area contributed by atoms with Crippen molar-refractivity contribution in [3.05, 3.63) is 29.8 Å². The van der Waals surface area contributed by atoms with Crippen molar-refractivity contribution in [3.63, 3.8) is 0 Å². The minimum absolute atomic E-state index is 0.196. The van der Waals surface area contributed by atoms with Crippen LogP contribution in [0, 0.1) is 5.92 Å². The lowest BCUT2D eigenvalue weighted by molar-refractivity contribution is -0.132. The van der Waals surface area contributed by atoms with E-state index in [1.807, 2.05) is 17.0 Å². The molecule has 2 saturated heterocycles. The van der Waals surface area contributed by atoms with Crippen LogP contribution in [0.1, 0.15) is 31.7 Å². The molecule has 1 aromatic rings. The molecule has 7 heteroatoms. The summed E-state index contributed by atoms with van der Waals surface area (Å²) < 4.78 is 31.9. The van der Waals surface area contributed by atoms with Crippen LogP contribution in [-0.2, 0) is 26.0 Å². The zero-order valence-corrected chi connectivity index (χ0v) is 16.2. The topological polar surface area (TPSA) is 66.9 Å². The molecule has 2 fully saturated rings. The van der Waals surface area contributed by atoms with E-state index in [0.29, 0.717) is 50.0 Å². The number of hydrogen-bond donors (Lipinski definition) is 0. The summed E-state index contributed by atoms with van der Waals surface area (Å²) in [6, 6.07) is 6.93. The van der Waals surface area contributed by atoms with Crippen LogP contribution < -0.4 is 0 Å².